The molecule has 0 aliphatic carbocycles. The summed E-state index contributed by atoms with van der Waals surface area (Å²) in [7, 11) is -9.90. The number of hydrogen-bond donors (Lipinski definition) is 3. The quantitative estimate of drug-likeness (QED) is 0.0222. The molecule has 0 saturated carbocycles. The Morgan fingerprint density at radius 1 is 0.303 bits per heavy atom. The number of aliphatic hydroxyl groups excluding tert-OH is 1. The number of phosphoric acid groups is 2. The first kappa shape index (κ1) is 87.1. The largest absolute Gasteiger partial charge is 0.472 e. The highest BCUT2D eigenvalue weighted by Crippen LogP contribution is 2.45. The summed E-state index contributed by atoms with van der Waals surface area (Å²) < 4.78 is 68.3. The second-order valence-corrected chi connectivity index (χ2v) is 28.7. The normalized spacial score (nSPS) is 14.1. The summed E-state index contributed by atoms with van der Waals surface area (Å²) in [5.74, 6) is -1.38. The summed E-state index contributed by atoms with van der Waals surface area (Å²) in [6.07, 6.45) is 49.7. The van der Waals surface area contributed by atoms with E-state index in [1.165, 1.54) is 186 Å². The van der Waals surface area contributed by atoms with Gasteiger partial charge in [-0.05, 0) is 31.6 Å². The minimum absolute atomic E-state index is 0.106. The van der Waals surface area contributed by atoms with Gasteiger partial charge in [-0.1, -0.05) is 311 Å². The van der Waals surface area contributed by atoms with Crippen LogP contribution in [-0.2, 0) is 65.4 Å². The molecule has 0 aromatic carbocycles. The van der Waals surface area contributed by atoms with Gasteiger partial charge < -0.3 is 33.8 Å². The summed E-state index contributed by atoms with van der Waals surface area (Å²) >= 11 is 0. The molecule has 0 aromatic heterocycles. The number of aliphatic hydroxyl groups is 1. The van der Waals surface area contributed by atoms with E-state index in [9.17, 15) is 43.2 Å². The molecule has 3 N–H and O–H groups in total. The molecule has 528 valence electrons. The Balaban J connectivity index is 5.25. The van der Waals surface area contributed by atoms with Crippen molar-refractivity contribution < 1.29 is 80.2 Å². The van der Waals surface area contributed by atoms with Crippen molar-refractivity contribution in [2.75, 3.05) is 39.6 Å². The van der Waals surface area contributed by atoms with Gasteiger partial charge in [-0.15, -0.1) is 0 Å². The molecule has 0 fully saturated rings. The van der Waals surface area contributed by atoms with E-state index in [1.54, 1.807) is 0 Å². The van der Waals surface area contributed by atoms with Gasteiger partial charge in [0, 0.05) is 25.7 Å². The molecule has 0 aliphatic heterocycles. The smallest absolute Gasteiger partial charge is 0.462 e. The summed E-state index contributed by atoms with van der Waals surface area (Å²) in [5.41, 5.74) is 0. The maximum absolute atomic E-state index is 13.0. The molecule has 0 aliphatic rings. The number of rotatable bonds is 70. The maximum Gasteiger partial charge on any atom is 0.472 e. The van der Waals surface area contributed by atoms with Crippen LogP contribution in [0.4, 0.5) is 0 Å². The maximum atomic E-state index is 13.0. The van der Waals surface area contributed by atoms with Crippen molar-refractivity contribution >= 4 is 39.5 Å². The van der Waals surface area contributed by atoms with Crippen LogP contribution in [0.15, 0.2) is 0 Å². The summed E-state index contributed by atoms with van der Waals surface area (Å²) in [6.45, 7) is 7.23. The lowest BCUT2D eigenvalue weighted by Gasteiger charge is -2.21. The molecule has 17 nitrogen and oxygen atoms in total. The van der Waals surface area contributed by atoms with E-state index in [4.69, 9.17) is 37.0 Å². The van der Waals surface area contributed by atoms with Gasteiger partial charge in [0.15, 0.2) is 12.2 Å². The average Bonchev–Trinajstić information content (AvgIpc) is 3.72. The zero-order valence-electron chi connectivity index (χ0n) is 57.6. The lowest BCUT2D eigenvalue weighted by Crippen LogP contribution is -2.30. The van der Waals surface area contributed by atoms with Crippen LogP contribution in [0.1, 0.15) is 362 Å². The Morgan fingerprint density at radius 3 is 0.764 bits per heavy atom. The molecule has 0 aromatic rings. The van der Waals surface area contributed by atoms with E-state index in [0.717, 1.165) is 95.8 Å². The Bertz CT molecular complexity index is 1720. The van der Waals surface area contributed by atoms with Crippen LogP contribution < -0.4 is 0 Å². The number of phosphoric ester groups is 2. The zero-order chi connectivity index (χ0) is 65.6. The Kier molecular flexibility index (Phi) is 62.1. The highest BCUT2D eigenvalue weighted by Gasteiger charge is 2.30. The monoisotopic (exact) mass is 1310 g/mol. The second kappa shape index (κ2) is 63.5. The molecular weight excluding hydrogens is 1170 g/mol. The number of hydrogen-bond acceptors (Lipinski definition) is 15. The molecule has 0 rings (SSSR count). The van der Waals surface area contributed by atoms with Gasteiger partial charge in [-0.2, -0.15) is 0 Å². The van der Waals surface area contributed by atoms with Crippen molar-refractivity contribution in [2.24, 2.45) is 5.92 Å². The van der Waals surface area contributed by atoms with Crippen LogP contribution in [-0.4, -0.2) is 96.7 Å². The van der Waals surface area contributed by atoms with Crippen molar-refractivity contribution in [1.29, 1.82) is 0 Å². The number of carbonyl (C=O) groups is 4. The molecule has 0 amide bonds. The van der Waals surface area contributed by atoms with Gasteiger partial charge in [0.25, 0.3) is 0 Å². The SMILES string of the molecule is CCCCCCCCCCCCCCCC(=O)OC[C@H](COP(=O)(O)OC[C@@H](O)COP(=O)(O)OC[C@@H](COC(=O)CCCCCCCCCCCCC)OC(=O)CCCCCCCCCCCC(C)C)OC(=O)CCCCCCCCCCCCCCC. The van der Waals surface area contributed by atoms with E-state index < -0.39 is 97.5 Å². The zero-order valence-corrected chi connectivity index (χ0v) is 59.4. The van der Waals surface area contributed by atoms with E-state index in [-0.39, 0.29) is 25.7 Å². The van der Waals surface area contributed by atoms with Gasteiger partial charge in [0.1, 0.15) is 19.3 Å². The highest BCUT2D eigenvalue weighted by atomic mass is 31.2. The summed E-state index contributed by atoms with van der Waals surface area (Å²) in [4.78, 5) is 72.5. The van der Waals surface area contributed by atoms with Crippen molar-refractivity contribution in [3.63, 3.8) is 0 Å². The van der Waals surface area contributed by atoms with Crippen LogP contribution in [0, 0.1) is 5.92 Å². The van der Waals surface area contributed by atoms with Gasteiger partial charge >= 0.3 is 39.5 Å². The molecule has 0 bridgehead atoms. The molecule has 0 saturated heterocycles. The van der Waals surface area contributed by atoms with Gasteiger partial charge in [-0.25, -0.2) is 9.13 Å². The topological polar surface area (TPSA) is 237 Å². The van der Waals surface area contributed by atoms with Crippen LogP contribution in [0.5, 0.6) is 0 Å². The van der Waals surface area contributed by atoms with Gasteiger partial charge in [0.05, 0.1) is 26.4 Å². The standard InChI is InChI=1S/C70H136O17P2/c1-6-9-12-15-18-21-24-26-29-34-39-44-49-54-68(73)81-59-65(86-69(74)55-50-45-40-35-30-27-25-22-19-16-13-10-7-2)61-84-88(76,77)82-57-64(71)58-83-89(78,79)85-62-66(60-80-67(72)53-48-43-38-33-28-23-20-17-14-11-8-3)87-70(75)56-51-46-41-36-31-32-37-42-47-52-63(4)5/h63-66,71H,6-62H2,1-5H3,(H,76,77)(H,78,79)/t64-,65-,66-/m1/s1. The van der Waals surface area contributed by atoms with Crippen LogP contribution in [0.25, 0.3) is 0 Å². The fourth-order valence-corrected chi connectivity index (χ4v) is 12.2. The first-order chi connectivity index (χ1) is 43.0. The van der Waals surface area contributed by atoms with Crippen LogP contribution in [0.3, 0.4) is 0 Å². The van der Waals surface area contributed by atoms with Gasteiger partial charge in [-0.3, -0.25) is 37.3 Å². The molecule has 89 heavy (non-hydrogen) atoms. The molecule has 2 unspecified atom stereocenters. The Labute approximate surface area is 543 Å². The molecule has 0 heterocycles. The minimum Gasteiger partial charge on any atom is -0.462 e. The highest BCUT2D eigenvalue weighted by molar-refractivity contribution is 7.47. The summed E-state index contributed by atoms with van der Waals surface area (Å²) in [5, 5.41) is 10.6. The number of esters is 4. The third-order valence-corrected chi connectivity index (χ3v) is 18.2. The number of carbonyl (C=O) groups excluding carboxylic acids is 4. The predicted molar refractivity (Wildman–Crippen MR) is 358 cm³/mol. The molecule has 5 atom stereocenters. The van der Waals surface area contributed by atoms with Gasteiger partial charge in [0.2, 0.25) is 0 Å². The van der Waals surface area contributed by atoms with Crippen molar-refractivity contribution in [3.8, 4) is 0 Å². The Morgan fingerprint density at radius 2 is 0.517 bits per heavy atom. The molecule has 0 spiro atoms. The minimum atomic E-state index is -4.95. The first-order valence-electron chi connectivity index (χ1n) is 36.6. The number of unbranched alkanes of at least 4 members (excludes halogenated alkanes) is 42. The van der Waals surface area contributed by atoms with Crippen molar-refractivity contribution in [2.45, 2.75) is 380 Å². The van der Waals surface area contributed by atoms with Crippen LogP contribution >= 0.6 is 15.6 Å². The lowest BCUT2D eigenvalue weighted by molar-refractivity contribution is -0.161. The third kappa shape index (κ3) is 64.6. The Hall–Kier alpha value is -1.94. The molecule has 19 heteroatoms. The summed E-state index contributed by atoms with van der Waals surface area (Å²) in [6, 6.07) is 0. The van der Waals surface area contributed by atoms with E-state index in [1.807, 2.05) is 0 Å². The molecule has 0 radical (unpaired) electrons. The van der Waals surface area contributed by atoms with E-state index >= 15 is 0 Å². The fourth-order valence-electron chi connectivity index (χ4n) is 10.6. The average molecular weight is 1310 g/mol. The van der Waals surface area contributed by atoms with Crippen molar-refractivity contribution in [1.82, 2.24) is 0 Å². The second-order valence-electron chi connectivity index (χ2n) is 25.7. The lowest BCUT2D eigenvalue weighted by atomic mass is 10.0. The number of ether oxygens (including phenoxy) is 4. The van der Waals surface area contributed by atoms with Crippen molar-refractivity contribution in [3.05, 3.63) is 0 Å². The van der Waals surface area contributed by atoms with Crippen LogP contribution in [0.2, 0.25) is 0 Å². The van der Waals surface area contributed by atoms with E-state index in [2.05, 4.69) is 34.6 Å². The predicted octanol–water partition coefficient (Wildman–Crippen LogP) is 20.1. The first-order valence-corrected chi connectivity index (χ1v) is 39.6. The fraction of sp³-hybridized carbons (Fsp3) is 0.943. The third-order valence-electron chi connectivity index (χ3n) is 16.3. The molecular formula is C70H136O17P2. The van der Waals surface area contributed by atoms with E-state index in [0.29, 0.717) is 25.7 Å².